The molecule has 0 saturated carbocycles. The number of nitrogens with two attached hydrogens (primary N) is 1. The maximum atomic E-state index is 12.7. The van der Waals surface area contributed by atoms with Crippen molar-refractivity contribution in [2.24, 2.45) is 5.10 Å². The first-order valence-corrected chi connectivity index (χ1v) is 9.34. The number of hydrazone groups is 1. The highest BCUT2D eigenvalue weighted by Gasteiger charge is 2.23. The zero-order valence-corrected chi connectivity index (χ0v) is 16.6. The quantitative estimate of drug-likeness (QED) is 0.305. The van der Waals surface area contributed by atoms with Crippen LogP contribution in [-0.4, -0.2) is 37.4 Å². The molecule has 0 aliphatic carbocycles. The molecule has 0 radical (unpaired) electrons. The lowest BCUT2D eigenvalue weighted by Crippen LogP contribution is -2.21. The zero-order chi connectivity index (χ0) is 21.6. The third-order valence-corrected chi connectivity index (χ3v) is 4.37. The smallest absolute Gasteiger partial charge is 0.293 e. The predicted molar refractivity (Wildman–Crippen MR) is 114 cm³/mol. The van der Waals surface area contributed by atoms with E-state index in [1.54, 1.807) is 6.21 Å². The van der Waals surface area contributed by atoms with Gasteiger partial charge < -0.3 is 11.1 Å². The van der Waals surface area contributed by atoms with E-state index < -0.39 is 5.91 Å². The standard InChI is InChI=1S/C20H19N9O2/c1-13-7-9-14(10-8-13)11-23-25-20(30)17-16(12-22-15-5-3-2-4-6-15)29(28-24-17)19-18(21)26-31-27-19/h2-11,22H,12H2,1H3,(H2,21,26)(H,25,30)/b23-11-. The van der Waals surface area contributed by atoms with Gasteiger partial charge in [-0.25, -0.2) is 10.1 Å². The molecule has 11 heteroatoms. The summed E-state index contributed by atoms with van der Waals surface area (Å²) in [6.45, 7) is 2.21. The fourth-order valence-corrected chi connectivity index (χ4v) is 2.76. The topological polar surface area (TPSA) is 149 Å². The van der Waals surface area contributed by atoms with Gasteiger partial charge in [0.05, 0.1) is 18.5 Å². The number of anilines is 2. The molecule has 1 amide bonds. The number of hydrogen-bond acceptors (Lipinski definition) is 9. The first-order valence-electron chi connectivity index (χ1n) is 9.34. The lowest BCUT2D eigenvalue weighted by atomic mass is 10.2. The van der Waals surface area contributed by atoms with Crippen LogP contribution in [0.4, 0.5) is 11.5 Å². The number of carbonyl (C=O) groups is 1. The van der Waals surface area contributed by atoms with E-state index in [0.717, 1.165) is 16.8 Å². The fourth-order valence-electron chi connectivity index (χ4n) is 2.76. The van der Waals surface area contributed by atoms with Crippen molar-refractivity contribution in [3.63, 3.8) is 0 Å². The highest BCUT2D eigenvalue weighted by atomic mass is 16.6. The average molecular weight is 417 g/mol. The van der Waals surface area contributed by atoms with Crippen molar-refractivity contribution in [2.45, 2.75) is 13.5 Å². The van der Waals surface area contributed by atoms with E-state index in [2.05, 4.69) is 41.1 Å². The Bertz CT molecular complexity index is 1200. The number of aryl methyl sites for hydroxylation is 1. The zero-order valence-electron chi connectivity index (χ0n) is 16.6. The van der Waals surface area contributed by atoms with Crippen LogP contribution in [0.15, 0.2) is 64.3 Å². The summed E-state index contributed by atoms with van der Waals surface area (Å²) in [5.41, 5.74) is 11.6. The molecule has 156 valence electrons. The van der Waals surface area contributed by atoms with Gasteiger partial charge in [-0.1, -0.05) is 53.2 Å². The van der Waals surface area contributed by atoms with Crippen molar-refractivity contribution in [3.05, 3.63) is 77.1 Å². The number of rotatable bonds is 7. The number of hydrogen-bond donors (Lipinski definition) is 3. The molecular weight excluding hydrogens is 398 g/mol. The second-order valence-electron chi connectivity index (χ2n) is 6.60. The van der Waals surface area contributed by atoms with E-state index >= 15 is 0 Å². The SMILES string of the molecule is Cc1ccc(/C=N\NC(=O)c2nnn(-c3nonc3N)c2CNc2ccccc2)cc1. The van der Waals surface area contributed by atoms with Crippen LogP contribution in [0, 0.1) is 6.92 Å². The summed E-state index contributed by atoms with van der Waals surface area (Å²) in [7, 11) is 0. The number of nitrogens with one attached hydrogen (secondary N) is 2. The maximum Gasteiger partial charge on any atom is 0.293 e. The minimum Gasteiger partial charge on any atom is -0.379 e. The van der Waals surface area contributed by atoms with Crippen LogP contribution >= 0.6 is 0 Å². The van der Waals surface area contributed by atoms with Crippen LogP contribution < -0.4 is 16.5 Å². The summed E-state index contributed by atoms with van der Waals surface area (Å²) in [6, 6.07) is 17.2. The number of aromatic nitrogens is 5. The molecule has 11 nitrogen and oxygen atoms in total. The first kappa shape index (κ1) is 19.8. The Morgan fingerprint density at radius 2 is 1.94 bits per heavy atom. The molecule has 4 rings (SSSR count). The molecule has 2 heterocycles. The first-order chi connectivity index (χ1) is 15.1. The summed E-state index contributed by atoms with van der Waals surface area (Å²) in [4.78, 5) is 12.7. The van der Waals surface area contributed by atoms with Crippen molar-refractivity contribution in [1.82, 2.24) is 30.7 Å². The van der Waals surface area contributed by atoms with Crippen molar-refractivity contribution in [1.29, 1.82) is 0 Å². The van der Waals surface area contributed by atoms with Crippen LogP contribution in [0.5, 0.6) is 0 Å². The summed E-state index contributed by atoms with van der Waals surface area (Å²) >= 11 is 0. The van der Waals surface area contributed by atoms with Crippen molar-refractivity contribution < 1.29 is 9.42 Å². The third-order valence-electron chi connectivity index (χ3n) is 4.37. The number of nitrogen functional groups attached to an aromatic ring is 1. The normalized spacial score (nSPS) is 11.0. The number of nitrogens with zero attached hydrogens (tertiary/aromatic N) is 6. The molecule has 0 atom stereocenters. The summed E-state index contributed by atoms with van der Waals surface area (Å²) < 4.78 is 5.96. The second-order valence-corrected chi connectivity index (χ2v) is 6.60. The molecule has 0 unspecified atom stereocenters. The Morgan fingerprint density at radius 1 is 1.16 bits per heavy atom. The molecule has 0 bridgehead atoms. The Hall–Kier alpha value is -4.54. The molecule has 0 spiro atoms. The Labute approximate surface area is 176 Å². The van der Waals surface area contributed by atoms with Crippen LogP contribution in [0.3, 0.4) is 0 Å². The fraction of sp³-hybridized carbons (Fsp3) is 0.100. The minimum atomic E-state index is -0.533. The van der Waals surface area contributed by atoms with Gasteiger partial charge in [-0.15, -0.1) is 5.10 Å². The molecule has 31 heavy (non-hydrogen) atoms. The van der Waals surface area contributed by atoms with E-state index in [1.807, 2.05) is 61.5 Å². The van der Waals surface area contributed by atoms with Crippen molar-refractivity contribution in [2.75, 3.05) is 11.1 Å². The van der Waals surface area contributed by atoms with Gasteiger partial charge in [0, 0.05) is 5.69 Å². The average Bonchev–Trinajstić information content (AvgIpc) is 3.40. The van der Waals surface area contributed by atoms with Gasteiger partial charge in [-0.3, -0.25) is 4.79 Å². The number of para-hydroxylation sites is 1. The molecule has 2 aromatic carbocycles. The van der Waals surface area contributed by atoms with Gasteiger partial charge in [0.15, 0.2) is 5.69 Å². The van der Waals surface area contributed by atoms with Gasteiger partial charge >= 0.3 is 0 Å². The molecule has 0 aliphatic rings. The van der Waals surface area contributed by atoms with Gasteiger partial charge in [0.25, 0.3) is 5.91 Å². The van der Waals surface area contributed by atoms with Crippen LogP contribution in [0.1, 0.15) is 27.3 Å². The van der Waals surface area contributed by atoms with Crippen LogP contribution in [-0.2, 0) is 6.54 Å². The number of amides is 1. The number of carbonyl (C=O) groups excluding carboxylic acids is 1. The van der Waals surface area contributed by atoms with Gasteiger partial charge in [0.2, 0.25) is 11.6 Å². The highest BCUT2D eigenvalue weighted by Crippen LogP contribution is 2.17. The Kier molecular flexibility index (Phi) is 5.65. The van der Waals surface area contributed by atoms with Crippen molar-refractivity contribution in [3.8, 4) is 5.82 Å². The van der Waals surface area contributed by atoms with Gasteiger partial charge in [0.1, 0.15) is 0 Å². The minimum absolute atomic E-state index is 0.0233. The lowest BCUT2D eigenvalue weighted by molar-refractivity contribution is 0.0949. The Morgan fingerprint density at radius 3 is 2.65 bits per heavy atom. The molecular formula is C20H19N9O2. The van der Waals surface area contributed by atoms with E-state index in [-0.39, 0.29) is 23.9 Å². The van der Waals surface area contributed by atoms with Gasteiger partial charge in [-0.2, -0.15) is 9.78 Å². The molecule has 0 saturated heterocycles. The second kappa shape index (κ2) is 8.86. The lowest BCUT2D eigenvalue weighted by Gasteiger charge is -2.08. The number of benzene rings is 2. The largest absolute Gasteiger partial charge is 0.379 e. The third kappa shape index (κ3) is 4.56. The highest BCUT2D eigenvalue weighted by molar-refractivity contribution is 5.94. The maximum absolute atomic E-state index is 12.7. The Balaban J connectivity index is 1.57. The summed E-state index contributed by atoms with van der Waals surface area (Å²) in [5, 5.41) is 22.5. The molecule has 2 aromatic heterocycles. The van der Waals surface area contributed by atoms with E-state index in [0.29, 0.717) is 5.69 Å². The monoisotopic (exact) mass is 417 g/mol. The van der Waals surface area contributed by atoms with E-state index in [1.165, 1.54) is 4.68 Å². The van der Waals surface area contributed by atoms with Crippen LogP contribution in [0.2, 0.25) is 0 Å². The molecule has 0 fully saturated rings. The van der Waals surface area contributed by atoms with Crippen molar-refractivity contribution >= 4 is 23.6 Å². The van der Waals surface area contributed by atoms with E-state index in [9.17, 15) is 4.79 Å². The van der Waals surface area contributed by atoms with Gasteiger partial charge in [-0.05, 0) is 34.9 Å². The molecule has 4 N–H and O–H groups in total. The summed E-state index contributed by atoms with van der Waals surface area (Å²) in [5.74, 6) is -0.371. The van der Waals surface area contributed by atoms with Crippen LogP contribution in [0.25, 0.3) is 5.82 Å². The molecule has 0 aliphatic heterocycles. The summed E-state index contributed by atoms with van der Waals surface area (Å²) in [6.07, 6.45) is 1.54. The van der Waals surface area contributed by atoms with E-state index in [4.69, 9.17) is 5.73 Å². The predicted octanol–water partition coefficient (Wildman–Crippen LogP) is 1.92. The molecule has 4 aromatic rings.